The second kappa shape index (κ2) is 18.8. The molecule has 3 N–H and O–H groups in total. The largest absolute Gasteiger partial charge is 0.493 e. The molecule has 280 valence electrons. The second-order valence-electron chi connectivity index (χ2n) is 13.5. The van der Waals surface area contributed by atoms with Crippen LogP contribution in [-0.2, 0) is 22.8 Å². The van der Waals surface area contributed by atoms with E-state index < -0.39 is 17.2 Å². The molecule has 1 aliphatic heterocycles. The van der Waals surface area contributed by atoms with Crippen LogP contribution in [0.3, 0.4) is 0 Å². The Morgan fingerprint density at radius 1 is 0.865 bits per heavy atom. The predicted molar refractivity (Wildman–Crippen MR) is 207 cm³/mol. The lowest BCUT2D eigenvalue weighted by Gasteiger charge is -2.27. The van der Waals surface area contributed by atoms with Crippen molar-refractivity contribution in [3.8, 4) is 28.4 Å². The number of ether oxygens (including phenoxy) is 3. The highest BCUT2D eigenvalue weighted by Gasteiger charge is 2.24. The first-order chi connectivity index (χ1) is 25.0. The molecule has 0 aromatic heterocycles. The van der Waals surface area contributed by atoms with Gasteiger partial charge >= 0.3 is 0 Å². The number of benzene rings is 4. The molecule has 4 aromatic carbocycles. The highest BCUT2D eigenvalue weighted by molar-refractivity contribution is 14.1. The monoisotopic (exact) mass is 850 g/mol. The number of aliphatic hydroxyl groups excluding tert-OH is 2. The topological polar surface area (TPSA) is 92.7 Å². The lowest BCUT2D eigenvalue weighted by Crippen LogP contribution is -2.48. The summed E-state index contributed by atoms with van der Waals surface area (Å²) in [5.74, 6) is -0.272. The highest BCUT2D eigenvalue weighted by atomic mass is 127. The number of aliphatic hydroxyl groups is 2. The number of nitrogens with zero attached hydrogens (tertiary/aromatic N) is 1. The zero-order valence-electron chi connectivity index (χ0n) is 29.7. The minimum absolute atomic E-state index is 0.0428. The molecule has 12 heteroatoms. The van der Waals surface area contributed by atoms with Gasteiger partial charge in [0, 0.05) is 37.8 Å². The fourth-order valence-corrected chi connectivity index (χ4v) is 6.77. The van der Waals surface area contributed by atoms with Gasteiger partial charge in [0.15, 0.2) is 11.6 Å². The zero-order chi connectivity index (χ0) is 37.3. The molecule has 0 radical (unpaired) electrons. The Balaban J connectivity index is 1.29. The van der Waals surface area contributed by atoms with E-state index in [-0.39, 0.29) is 33.0 Å². The van der Waals surface area contributed by atoms with Crippen LogP contribution in [0.2, 0.25) is 5.02 Å². The van der Waals surface area contributed by atoms with E-state index in [1.165, 1.54) is 6.07 Å². The summed E-state index contributed by atoms with van der Waals surface area (Å²) in [6.07, 6.45) is 2.32. The maximum Gasteiger partial charge on any atom is 0.159 e. The van der Waals surface area contributed by atoms with Crippen LogP contribution in [0.1, 0.15) is 47.6 Å². The van der Waals surface area contributed by atoms with E-state index in [9.17, 15) is 19.0 Å². The average molecular weight is 851 g/mol. The Morgan fingerprint density at radius 3 is 2.31 bits per heavy atom. The van der Waals surface area contributed by atoms with E-state index >= 15 is 0 Å². The molecule has 0 aliphatic carbocycles. The molecule has 0 unspecified atom stereocenters. The van der Waals surface area contributed by atoms with Gasteiger partial charge in [-0.05, 0) is 91.3 Å². The quantitative estimate of drug-likeness (QED) is 0.0684. The Morgan fingerprint density at radius 2 is 1.60 bits per heavy atom. The predicted octanol–water partition coefficient (Wildman–Crippen LogP) is 8.10. The van der Waals surface area contributed by atoms with Crippen molar-refractivity contribution < 1.29 is 36.3 Å². The summed E-state index contributed by atoms with van der Waals surface area (Å²) in [7, 11) is 0. The normalized spacial score (nSPS) is 14.9. The molecule has 0 saturated carbocycles. The van der Waals surface area contributed by atoms with Gasteiger partial charge < -0.3 is 37.7 Å². The van der Waals surface area contributed by atoms with Gasteiger partial charge in [-0.2, -0.15) is 0 Å². The second-order valence-corrected chi connectivity index (χ2v) is 14.4. The SMILES string of the molecule is Cc1c(COc2cc(OCc3ccc(F)c(F)c3)c(CNC(C)(CO)CO)cc2Cl)cccc1-c1cccc(OCCCN2CC[C@@H](OI)C2)c1C. The van der Waals surface area contributed by atoms with Crippen molar-refractivity contribution in [1.82, 2.24) is 10.2 Å². The van der Waals surface area contributed by atoms with Gasteiger partial charge in [0.2, 0.25) is 0 Å². The molecule has 1 fully saturated rings. The van der Waals surface area contributed by atoms with Gasteiger partial charge in [-0.25, -0.2) is 8.78 Å². The molecule has 0 amide bonds. The van der Waals surface area contributed by atoms with Crippen molar-refractivity contribution in [2.75, 3.05) is 39.5 Å². The molecular formula is C40H46ClF2IN2O6. The fraction of sp³-hybridized carbons (Fsp3) is 0.400. The third-order valence-corrected chi connectivity index (χ3v) is 10.5. The van der Waals surface area contributed by atoms with Gasteiger partial charge in [-0.3, -0.25) is 0 Å². The Bertz CT molecular complexity index is 1810. The van der Waals surface area contributed by atoms with Crippen LogP contribution >= 0.6 is 34.6 Å². The number of likely N-dealkylation sites (tertiary alicyclic amines) is 1. The van der Waals surface area contributed by atoms with Crippen LogP contribution in [-0.4, -0.2) is 66.2 Å². The Kier molecular flexibility index (Phi) is 14.5. The van der Waals surface area contributed by atoms with E-state index in [0.29, 0.717) is 40.4 Å². The van der Waals surface area contributed by atoms with Gasteiger partial charge in [-0.1, -0.05) is 48.0 Å². The molecule has 0 bridgehead atoms. The average Bonchev–Trinajstić information content (AvgIpc) is 3.62. The summed E-state index contributed by atoms with van der Waals surface area (Å²) in [6, 6.07) is 19.2. The molecule has 1 atom stereocenters. The first kappa shape index (κ1) is 40.2. The van der Waals surface area contributed by atoms with Crippen molar-refractivity contribution in [2.45, 2.75) is 65.0 Å². The van der Waals surface area contributed by atoms with E-state index in [4.69, 9.17) is 28.9 Å². The van der Waals surface area contributed by atoms with Gasteiger partial charge in [0.05, 0.1) is 36.5 Å². The first-order valence-corrected chi connectivity index (χ1v) is 18.6. The number of nitrogens with one attached hydrogen (secondary N) is 1. The third kappa shape index (κ3) is 10.3. The third-order valence-electron chi connectivity index (χ3n) is 9.53. The van der Waals surface area contributed by atoms with Gasteiger partial charge in [0.25, 0.3) is 0 Å². The van der Waals surface area contributed by atoms with Crippen LogP contribution < -0.4 is 19.5 Å². The van der Waals surface area contributed by atoms with Crippen molar-refractivity contribution in [3.05, 3.63) is 111 Å². The van der Waals surface area contributed by atoms with Crippen molar-refractivity contribution in [3.63, 3.8) is 0 Å². The minimum atomic E-state index is -0.967. The molecule has 0 spiro atoms. The summed E-state index contributed by atoms with van der Waals surface area (Å²) in [4.78, 5) is 2.42. The standard InChI is InChI=1S/C40H46ClF2IN2O6/c1-26-29(7-4-8-32(26)33-9-5-10-37(27(33)2)49-16-6-14-46-15-13-31(21-46)52-44)23-51-39-19-38(50-22-28-11-12-35(42)36(43)17-28)30(18-34(39)41)20-45-40(3,24-47)25-48/h4-5,7-12,17-19,31,45,47-48H,6,13-16,20-25H2,1-3H3/t31-/m1/s1. The van der Waals surface area contributed by atoms with Crippen molar-refractivity contribution in [2.24, 2.45) is 0 Å². The van der Waals surface area contributed by atoms with E-state index in [0.717, 1.165) is 78.2 Å². The van der Waals surface area contributed by atoms with Crippen LogP contribution in [0.4, 0.5) is 8.78 Å². The Hall–Kier alpha value is -3.04. The molecule has 8 nitrogen and oxygen atoms in total. The molecule has 52 heavy (non-hydrogen) atoms. The van der Waals surface area contributed by atoms with Crippen molar-refractivity contribution >= 4 is 34.6 Å². The number of hydrogen-bond donors (Lipinski definition) is 3. The molecule has 5 rings (SSSR count). The zero-order valence-corrected chi connectivity index (χ0v) is 32.6. The highest BCUT2D eigenvalue weighted by Crippen LogP contribution is 2.36. The van der Waals surface area contributed by atoms with Crippen LogP contribution in [0, 0.1) is 25.5 Å². The molecule has 1 aliphatic rings. The van der Waals surface area contributed by atoms with E-state index in [1.807, 2.05) is 47.3 Å². The summed E-state index contributed by atoms with van der Waals surface area (Å²) < 4.78 is 51.5. The summed E-state index contributed by atoms with van der Waals surface area (Å²) in [5.41, 5.74) is 5.36. The van der Waals surface area contributed by atoms with Gasteiger partial charge in [0.1, 0.15) is 53.5 Å². The van der Waals surface area contributed by atoms with Crippen LogP contribution in [0.25, 0.3) is 11.1 Å². The first-order valence-electron chi connectivity index (χ1n) is 17.3. The number of halogens is 4. The summed E-state index contributed by atoms with van der Waals surface area (Å²) >= 11 is 8.72. The maximum atomic E-state index is 13.9. The molecular weight excluding hydrogens is 805 g/mol. The number of rotatable bonds is 18. The summed E-state index contributed by atoms with van der Waals surface area (Å²) in [5, 5.41) is 23.0. The van der Waals surface area contributed by atoms with E-state index in [1.54, 1.807) is 19.1 Å². The smallest absolute Gasteiger partial charge is 0.159 e. The van der Waals surface area contributed by atoms with Crippen LogP contribution in [0.15, 0.2) is 66.7 Å². The molecule has 1 heterocycles. The molecule has 4 aromatic rings. The van der Waals surface area contributed by atoms with Crippen LogP contribution in [0.5, 0.6) is 17.2 Å². The Labute approximate surface area is 323 Å². The lowest BCUT2D eigenvalue weighted by molar-refractivity contribution is 0.103. The van der Waals surface area contributed by atoms with Gasteiger partial charge in [-0.15, -0.1) is 0 Å². The molecule has 1 saturated heterocycles. The summed E-state index contributed by atoms with van der Waals surface area (Å²) in [6.45, 7) is 9.25. The minimum Gasteiger partial charge on any atom is -0.493 e. The van der Waals surface area contributed by atoms with E-state index in [2.05, 4.69) is 36.2 Å². The number of hydrogen-bond acceptors (Lipinski definition) is 8. The lowest BCUT2D eigenvalue weighted by atomic mass is 9.93. The maximum absolute atomic E-state index is 13.9. The fourth-order valence-electron chi connectivity index (χ4n) is 6.11. The van der Waals surface area contributed by atoms with Crippen molar-refractivity contribution in [1.29, 1.82) is 0 Å².